The lowest BCUT2D eigenvalue weighted by atomic mass is 10.1. The Kier molecular flexibility index (Phi) is 6.10. The molecule has 0 radical (unpaired) electrons. The van der Waals surface area contributed by atoms with Gasteiger partial charge >= 0.3 is 0 Å². The third kappa shape index (κ3) is 4.65. The first-order valence-electron chi connectivity index (χ1n) is 8.61. The average Bonchev–Trinajstić information content (AvgIpc) is 2.69. The van der Waals surface area contributed by atoms with Crippen molar-refractivity contribution in [3.63, 3.8) is 0 Å². The van der Waals surface area contributed by atoms with Crippen LogP contribution in [0.5, 0.6) is 5.75 Å². The number of hydrogen-bond donors (Lipinski definition) is 1. The number of anilines is 1. The number of carbonyl (C=O) groups is 1. The molecule has 2 aromatic rings. The molecule has 0 atom stereocenters. The molecular weight excluding hydrogens is 368 g/mol. The fraction of sp³-hybridized carbons (Fsp3) is 0.316. The van der Waals surface area contributed by atoms with Gasteiger partial charge in [0, 0.05) is 18.8 Å². The number of amides is 1. The average molecular weight is 390 g/mol. The molecule has 1 N–H and O–H groups in total. The Morgan fingerprint density at radius 3 is 2.59 bits per heavy atom. The fourth-order valence-corrected chi connectivity index (χ4v) is 3.94. The molecule has 1 aliphatic rings. The van der Waals surface area contributed by atoms with Crippen molar-refractivity contribution >= 4 is 21.6 Å². The number of benzene rings is 2. The molecule has 1 fully saturated rings. The minimum atomic E-state index is -3.63. The summed E-state index contributed by atoms with van der Waals surface area (Å²) in [6, 6.07) is 13.8. The zero-order valence-corrected chi connectivity index (χ0v) is 15.9. The highest BCUT2D eigenvalue weighted by Crippen LogP contribution is 2.20. The number of para-hydroxylation sites is 1. The lowest BCUT2D eigenvalue weighted by molar-refractivity contribution is -0.125. The van der Waals surface area contributed by atoms with Crippen molar-refractivity contribution in [2.24, 2.45) is 0 Å². The van der Waals surface area contributed by atoms with E-state index in [9.17, 15) is 13.2 Å². The monoisotopic (exact) mass is 390 g/mol. The van der Waals surface area contributed by atoms with Gasteiger partial charge in [-0.2, -0.15) is 0 Å². The second kappa shape index (κ2) is 8.51. The van der Waals surface area contributed by atoms with Crippen molar-refractivity contribution in [1.29, 1.82) is 0 Å². The Morgan fingerprint density at radius 1 is 1.15 bits per heavy atom. The molecule has 27 heavy (non-hydrogen) atoms. The van der Waals surface area contributed by atoms with Crippen LogP contribution in [0.1, 0.15) is 5.56 Å². The largest absolute Gasteiger partial charge is 0.496 e. The number of nitrogens with one attached hydrogen (secondary N) is 1. The van der Waals surface area contributed by atoms with Gasteiger partial charge < -0.3 is 14.4 Å². The number of morpholine rings is 1. The lowest BCUT2D eigenvalue weighted by Crippen LogP contribution is -2.41. The van der Waals surface area contributed by atoms with Crippen molar-refractivity contribution in [1.82, 2.24) is 4.72 Å². The van der Waals surface area contributed by atoms with Gasteiger partial charge in [0.25, 0.3) is 5.91 Å². The van der Waals surface area contributed by atoms with Gasteiger partial charge in [0.2, 0.25) is 10.0 Å². The van der Waals surface area contributed by atoms with E-state index in [0.29, 0.717) is 25.3 Å². The summed E-state index contributed by atoms with van der Waals surface area (Å²) in [5.74, 6) is 0.600. The Morgan fingerprint density at radius 2 is 1.89 bits per heavy atom. The molecule has 0 aromatic heterocycles. The quantitative estimate of drug-likeness (QED) is 0.776. The number of carbonyl (C=O) groups excluding carboxylic acids is 1. The second-order valence-electron chi connectivity index (χ2n) is 6.05. The Bertz CT molecular complexity index is 897. The van der Waals surface area contributed by atoms with Crippen molar-refractivity contribution in [3.8, 4) is 5.75 Å². The van der Waals surface area contributed by atoms with Gasteiger partial charge in [0.15, 0.2) is 0 Å². The molecule has 0 saturated carbocycles. The normalized spacial score (nSPS) is 15.0. The van der Waals surface area contributed by atoms with E-state index in [-0.39, 0.29) is 24.0 Å². The highest BCUT2D eigenvalue weighted by atomic mass is 32.2. The summed E-state index contributed by atoms with van der Waals surface area (Å²) in [7, 11) is -2.04. The summed E-state index contributed by atoms with van der Waals surface area (Å²) in [5.41, 5.74) is 1.60. The van der Waals surface area contributed by atoms with E-state index >= 15 is 0 Å². The van der Waals surface area contributed by atoms with Gasteiger partial charge in [-0.15, -0.1) is 0 Å². The van der Waals surface area contributed by atoms with E-state index in [1.54, 1.807) is 24.1 Å². The summed E-state index contributed by atoms with van der Waals surface area (Å²) in [4.78, 5) is 13.6. The maximum Gasteiger partial charge on any atom is 0.253 e. The molecule has 3 rings (SSSR count). The number of sulfonamides is 1. The molecule has 144 valence electrons. The fourth-order valence-electron chi connectivity index (χ4n) is 2.91. The smallest absolute Gasteiger partial charge is 0.253 e. The number of ether oxygens (including phenoxy) is 2. The molecule has 0 spiro atoms. The summed E-state index contributed by atoms with van der Waals surface area (Å²) in [6.07, 6.45) is 0.517. The predicted octanol–water partition coefficient (Wildman–Crippen LogP) is 1.58. The summed E-state index contributed by atoms with van der Waals surface area (Å²) < 4.78 is 37.9. The van der Waals surface area contributed by atoms with E-state index in [1.165, 1.54) is 12.1 Å². The minimum Gasteiger partial charge on any atom is -0.496 e. The van der Waals surface area contributed by atoms with Gasteiger partial charge in [-0.1, -0.05) is 18.2 Å². The van der Waals surface area contributed by atoms with Crippen molar-refractivity contribution in [2.75, 3.05) is 38.3 Å². The second-order valence-corrected chi connectivity index (χ2v) is 7.82. The van der Waals surface area contributed by atoms with Crippen molar-refractivity contribution in [3.05, 3.63) is 54.1 Å². The van der Waals surface area contributed by atoms with Crippen LogP contribution in [0.4, 0.5) is 5.69 Å². The van der Waals surface area contributed by atoms with Crippen LogP contribution in [0.3, 0.4) is 0 Å². The van der Waals surface area contributed by atoms with Gasteiger partial charge in [-0.05, 0) is 42.3 Å². The number of nitrogens with zero attached hydrogens (tertiary/aromatic N) is 1. The zero-order valence-electron chi connectivity index (χ0n) is 15.1. The van der Waals surface area contributed by atoms with Crippen LogP contribution in [0.15, 0.2) is 53.4 Å². The first kappa shape index (κ1) is 19.3. The molecule has 8 heteroatoms. The van der Waals surface area contributed by atoms with Crippen LogP contribution in [0.25, 0.3) is 0 Å². The molecule has 0 aliphatic carbocycles. The molecular formula is C19H22N2O5S. The van der Waals surface area contributed by atoms with Crippen molar-refractivity contribution in [2.45, 2.75) is 11.3 Å². The molecule has 2 aromatic carbocycles. The summed E-state index contributed by atoms with van der Waals surface area (Å²) in [6.45, 7) is 1.23. The van der Waals surface area contributed by atoms with E-state index in [2.05, 4.69) is 4.72 Å². The maximum absolute atomic E-state index is 12.5. The molecule has 1 amide bonds. The van der Waals surface area contributed by atoms with Crippen LogP contribution in [0, 0.1) is 0 Å². The maximum atomic E-state index is 12.5. The highest BCUT2D eigenvalue weighted by Gasteiger charge is 2.21. The van der Waals surface area contributed by atoms with Gasteiger partial charge in [-0.25, -0.2) is 13.1 Å². The lowest BCUT2D eigenvalue weighted by Gasteiger charge is -2.26. The van der Waals surface area contributed by atoms with Crippen LogP contribution in [0.2, 0.25) is 0 Å². The zero-order chi connectivity index (χ0) is 19.3. The summed E-state index contributed by atoms with van der Waals surface area (Å²) in [5, 5.41) is 0. The summed E-state index contributed by atoms with van der Waals surface area (Å²) >= 11 is 0. The molecule has 1 aliphatic heterocycles. The third-order valence-corrected chi connectivity index (χ3v) is 5.80. The SMILES string of the molecule is COc1ccccc1CCNS(=O)(=O)c1ccc(N2CCOCC2=O)cc1. The van der Waals surface area contributed by atoms with E-state index in [1.807, 2.05) is 24.3 Å². The third-order valence-electron chi connectivity index (χ3n) is 4.32. The van der Waals surface area contributed by atoms with Gasteiger partial charge in [0.1, 0.15) is 12.4 Å². The predicted molar refractivity (Wildman–Crippen MR) is 102 cm³/mol. The van der Waals surface area contributed by atoms with E-state index < -0.39 is 10.0 Å². The molecule has 7 nitrogen and oxygen atoms in total. The van der Waals surface area contributed by atoms with E-state index in [4.69, 9.17) is 9.47 Å². The number of hydrogen-bond acceptors (Lipinski definition) is 5. The first-order valence-corrected chi connectivity index (χ1v) is 10.1. The van der Waals surface area contributed by atoms with Gasteiger partial charge in [-0.3, -0.25) is 4.79 Å². The standard InChI is InChI=1S/C19H22N2O5S/c1-25-18-5-3-2-4-15(18)10-11-20-27(23,24)17-8-6-16(7-9-17)21-12-13-26-14-19(21)22/h2-9,20H,10-14H2,1H3. The van der Waals surface area contributed by atoms with Crippen LogP contribution < -0.4 is 14.4 Å². The van der Waals surface area contributed by atoms with E-state index in [0.717, 1.165) is 11.3 Å². The number of methoxy groups -OCH3 is 1. The molecule has 1 saturated heterocycles. The van der Waals surface area contributed by atoms with Crippen LogP contribution in [-0.2, 0) is 26.0 Å². The minimum absolute atomic E-state index is 0.0462. The molecule has 0 bridgehead atoms. The Hall–Kier alpha value is -2.42. The number of rotatable bonds is 7. The van der Waals surface area contributed by atoms with Crippen LogP contribution >= 0.6 is 0 Å². The Labute approximate surface area is 158 Å². The highest BCUT2D eigenvalue weighted by molar-refractivity contribution is 7.89. The molecule has 0 unspecified atom stereocenters. The van der Waals surface area contributed by atoms with Crippen LogP contribution in [-0.4, -0.2) is 47.7 Å². The first-order chi connectivity index (χ1) is 13.0. The van der Waals surface area contributed by atoms with Crippen molar-refractivity contribution < 1.29 is 22.7 Å². The topological polar surface area (TPSA) is 84.9 Å². The molecule has 1 heterocycles. The Balaban J connectivity index is 1.63. The van der Waals surface area contributed by atoms with Gasteiger partial charge in [0.05, 0.1) is 18.6 Å².